The Bertz CT molecular complexity index is 848. The summed E-state index contributed by atoms with van der Waals surface area (Å²) < 4.78 is 14.0. The molecule has 5 heteroatoms. The van der Waals surface area contributed by atoms with E-state index in [-0.39, 0.29) is 5.82 Å². The monoisotopic (exact) mass is 324 g/mol. The highest BCUT2D eigenvalue weighted by atomic mass is 19.1. The fourth-order valence-corrected chi connectivity index (χ4v) is 2.88. The Morgan fingerprint density at radius 1 is 1.08 bits per heavy atom. The number of nitrogens with one attached hydrogen (secondary N) is 1. The third-order valence-electron chi connectivity index (χ3n) is 3.99. The highest BCUT2D eigenvalue weighted by Gasteiger charge is 2.12. The molecule has 4 nitrogen and oxygen atoms in total. The van der Waals surface area contributed by atoms with Crippen molar-refractivity contribution in [2.45, 2.75) is 13.5 Å². The lowest BCUT2D eigenvalue weighted by molar-refractivity contribution is 0.392. The van der Waals surface area contributed by atoms with Crippen molar-refractivity contribution in [2.75, 3.05) is 19.8 Å². The van der Waals surface area contributed by atoms with Gasteiger partial charge in [0.2, 0.25) is 0 Å². The topological polar surface area (TPSA) is 57.9 Å². The lowest BCUT2D eigenvalue weighted by Gasteiger charge is -2.13. The molecule has 0 spiro atoms. The normalized spacial score (nSPS) is 11.2. The first-order valence-electron chi connectivity index (χ1n) is 7.80. The molecule has 0 aliphatic heterocycles. The van der Waals surface area contributed by atoms with E-state index in [2.05, 4.69) is 16.3 Å². The van der Waals surface area contributed by atoms with Gasteiger partial charge in [-0.15, -0.1) is 0 Å². The van der Waals surface area contributed by atoms with E-state index in [4.69, 9.17) is 5.73 Å². The highest BCUT2D eigenvalue weighted by molar-refractivity contribution is 5.80. The molecule has 3 N–H and O–H groups in total. The molecule has 0 bridgehead atoms. The van der Waals surface area contributed by atoms with Gasteiger partial charge in [0, 0.05) is 23.4 Å². The summed E-state index contributed by atoms with van der Waals surface area (Å²) in [5, 5.41) is 6.95. The van der Waals surface area contributed by atoms with E-state index < -0.39 is 0 Å². The third kappa shape index (κ3) is 3.16. The van der Waals surface area contributed by atoms with E-state index >= 15 is 0 Å². The Kier molecular flexibility index (Phi) is 4.36. The van der Waals surface area contributed by atoms with Gasteiger partial charge in [0.05, 0.1) is 0 Å². The van der Waals surface area contributed by atoms with Crippen molar-refractivity contribution >= 4 is 5.82 Å². The fraction of sp³-hybridized carbons (Fsp3) is 0.211. The summed E-state index contributed by atoms with van der Waals surface area (Å²) in [5.74, 6) is 0.301. The molecule has 0 saturated carbocycles. The summed E-state index contributed by atoms with van der Waals surface area (Å²) in [4.78, 5) is 1.95. The molecule has 3 rings (SSSR count). The molecule has 0 amide bonds. The third-order valence-corrected chi connectivity index (χ3v) is 3.99. The van der Waals surface area contributed by atoms with Gasteiger partial charge in [0.25, 0.3) is 0 Å². The first-order valence-corrected chi connectivity index (χ1v) is 7.80. The number of anilines is 1. The molecule has 0 saturated heterocycles. The van der Waals surface area contributed by atoms with Crippen molar-refractivity contribution in [3.63, 3.8) is 0 Å². The van der Waals surface area contributed by atoms with Crippen LogP contribution in [0.1, 0.15) is 11.3 Å². The minimum absolute atomic E-state index is 0.182. The maximum Gasteiger partial charge on any atom is 0.153 e. The quantitative estimate of drug-likeness (QED) is 0.767. The molecule has 124 valence electrons. The number of halogens is 1. The first kappa shape index (κ1) is 16.2. The number of nitrogens with zero attached hydrogens (tertiary/aromatic N) is 2. The SMILES string of the molecule is Cc1[nH]nc(N)c1-c1cccc(-c2ccc(F)c(CN(C)C)c2)c1. The van der Waals surface area contributed by atoms with Crippen LogP contribution in [0.25, 0.3) is 22.3 Å². The van der Waals surface area contributed by atoms with Gasteiger partial charge in [0.1, 0.15) is 5.82 Å². The van der Waals surface area contributed by atoms with Gasteiger partial charge >= 0.3 is 0 Å². The molecule has 0 unspecified atom stereocenters. The molecule has 0 fully saturated rings. The second-order valence-corrected chi connectivity index (χ2v) is 6.23. The number of aryl methyl sites for hydroxylation is 1. The summed E-state index contributed by atoms with van der Waals surface area (Å²) in [5.41, 5.74) is 11.5. The molecular weight excluding hydrogens is 303 g/mol. The minimum Gasteiger partial charge on any atom is -0.382 e. The number of aromatic nitrogens is 2. The summed E-state index contributed by atoms with van der Waals surface area (Å²) in [6.07, 6.45) is 0. The summed E-state index contributed by atoms with van der Waals surface area (Å²) in [6, 6.07) is 13.3. The number of benzene rings is 2. The maximum atomic E-state index is 14.0. The predicted octanol–water partition coefficient (Wildman–Crippen LogP) is 3.84. The number of hydrogen-bond acceptors (Lipinski definition) is 3. The zero-order valence-electron chi connectivity index (χ0n) is 14.1. The van der Waals surface area contributed by atoms with Crippen molar-refractivity contribution in [2.24, 2.45) is 0 Å². The van der Waals surface area contributed by atoms with E-state index in [1.165, 1.54) is 6.07 Å². The van der Waals surface area contributed by atoms with Gasteiger partial charge in [-0.3, -0.25) is 5.10 Å². The van der Waals surface area contributed by atoms with Gasteiger partial charge in [-0.25, -0.2) is 4.39 Å². The van der Waals surface area contributed by atoms with Crippen LogP contribution in [0.3, 0.4) is 0 Å². The van der Waals surface area contributed by atoms with E-state index in [9.17, 15) is 4.39 Å². The molecule has 24 heavy (non-hydrogen) atoms. The minimum atomic E-state index is -0.182. The zero-order valence-corrected chi connectivity index (χ0v) is 14.1. The molecule has 0 atom stereocenters. The van der Waals surface area contributed by atoms with Crippen LogP contribution in [0, 0.1) is 12.7 Å². The van der Waals surface area contributed by atoms with Crippen molar-refractivity contribution in [3.05, 3.63) is 59.5 Å². The van der Waals surface area contributed by atoms with Crippen molar-refractivity contribution in [1.29, 1.82) is 0 Å². The average molecular weight is 324 g/mol. The summed E-state index contributed by atoms with van der Waals surface area (Å²) >= 11 is 0. The molecule has 1 aromatic heterocycles. The lowest BCUT2D eigenvalue weighted by atomic mass is 9.97. The number of nitrogens with two attached hydrogens (primary N) is 1. The van der Waals surface area contributed by atoms with Crippen LogP contribution < -0.4 is 5.73 Å². The Hall–Kier alpha value is -2.66. The van der Waals surface area contributed by atoms with Crippen LogP contribution in [0.5, 0.6) is 0 Å². The standard InChI is InChI=1S/C19H21FN4/c1-12-18(19(21)23-22-12)15-6-4-5-13(9-15)14-7-8-17(20)16(10-14)11-24(2)3/h4-10H,11H2,1-3H3,(H3,21,22,23). The maximum absolute atomic E-state index is 14.0. The fourth-order valence-electron chi connectivity index (χ4n) is 2.88. The van der Waals surface area contributed by atoms with Crippen LogP contribution >= 0.6 is 0 Å². The number of aromatic amines is 1. The zero-order chi connectivity index (χ0) is 17.3. The van der Waals surface area contributed by atoms with Crippen molar-refractivity contribution < 1.29 is 4.39 Å². The van der Waals surface area contributed by atoms with Gasteiger partial charge < -0.3 is 10.6 Å². The Balaban J connectivity index is 2.04. The Morgan fingerprint density at radius 3 is 2.46 bits per heavy atom. The second-order valence-electron chi connectivity index (χ2n) is 6.23. The van der Waals surface area contributed by atoms with Crippen LogP contribution in [0.15, 0.2) is 42.5 Å². The largest absolute Gasteiger partial charge is 0.382 e. The summed E-state index contributed by atoms with van der Waals surface area (Å²) in [6.45, 7) is 2.51. The van der Waals surface area contributed by atoms with Crippen LogP contribution in [-0.4, -0.2) is 29.2 Å². The van der Waals surface area contributed by atoms with Gasteiger partial charge in [-0.1, -0.05) is 24.3 Å². The molecule has 2 aromatic carbocycles. The highest BCUT2D eigenvalue weighted by Crippen LogP contribution is 2.31. The van der Waals surface area contributed by atoms with Crippen molar-refractivity contribution in [3.8, 4) is 22.3 Å². The van der Waals surface area contributed by atoms with E-state index in [1.807, 2.05) is 50.2 Å². The van der Waals surface area contributed by atoms with E-state index in [0.717, 1.165) is 27.9 Å². The van der Waals surface area contributed by atoms with Gasteiger partial charge in [-0.05, 0) is 55.9 Å². The van der Waals surface area contributed by atoms with Gasteiger partial charge in [0.15, 0.2) is 5.82 Å². The number of H-pyrrole nitrogens is 1. The summed E-state index contributed by atoms with van der Waals surface area (Å²) in [7, 11) is 3.86. The van der Waals surface area contributed by atoms with Crippen molar-refractivity contribution in [1.82, 2.24) is 15.1 Å². The predicted molar refractivity (Wildman–Crippen MR) is 96.0 cm³/mol. The second kappa shape index (κ2) is 6.45. The lowest BCUT2D eigenvalue weighted by Crippen LogP contribution is -2.12. The molecular formula is C19H21FN4. The van der Waals surface area contributed by atoms with Crippen LogP contribution in [0.4, 0.5) is 10.2 Å². The Labute approximate surface area is 141 Å². The van der Waals surface area contributed by atoms with E-state index in [1.54, 1.807) is 6.07 Å². The molecule has 3 aromatic rings. The Morgan fingerprint density at radius 2 is 1.79 bits per heavy atom. The number of rotatable bonds is 4. The number of hydrogen-bond donors (Lipinski definition) is 2. The average Bonchev–Trinajstić information content (AvgIpc) is 2.88. The smallest absolute Gasteiger partial charge is 0.153 e. The molecule has 0 radical (unpaired) electrons. The van der Waals surface area contributed by atoms with Crippen LogP contribution in [0.2, 0.25) is 0 Å². The molecule has 0 aliphatic carbocycles. The molecule has 1 heterocycles. The number of nitrogen functional groups attached to an aromatic ring is 1. The first-order chi connectivity index (χ1) is 11.5. The van der Waals surface area contributed by atoms with E-state index in [0.29, 0.717) is 17.9 Å². The van der Waals surface area contributed by atoms with Crippen LogP contribution in [-0.2, 0) is 6.54 Å². The van der Waals surface area contributed by atoms with Gasteiger partial charge in [-0.2, -0.15) is 5.10 Å². The molecule has 0 aliphatic rings.